The number of piperazine rings is 1. The largest absolute Gasteiger partial charge is 0.353 e. The topological polar surface area (TPSA) is 102 Å². The summed E-state index contributed by atoms with van der Waals surface area (Å²) in [6, 6.07) is 5.58. The summed E-state index contributed by atoms with van der Waals surface area (Å²) in [4.78, 5) is 41.4. The van der Waals surface area contributed by atoms with Gasteiger partial charge in [-0.15, -0.1) is 0 Å². The minimum absolute atomic E-state index is 0.0151. The van der Waals surface area contributed by atoms with Crippen molar-refractivity contribution in [3.63, 3.8) is 0 Å². The smallest absolute Gasteiger partial charge is 0.260 e. The lowest BCUT2D eigenvalue weighted by molar-refractivity contribution is -0.133. The molecular weight excluding hydrogens is 399 g/mol. The molecule has 1 aromatic heterocycles. The number of rotatable bonds is 4. The second-order valence-corrected chi connectivity index (χ2v) is 7.66. The van der Waals surface area contributed by atoms with Crippen LogP contribution in [0.3, 0.4) is 0 Å². The summed E-state index contributed by atoms with van der Waals surface area (Å²) in [6.07, 6.45) is 5.94. The second-order valence-electron chi connectivity index (χ2n) is 7.66. The zero-order valence-corrected chi connectivity index (χ0v) is 17.0. The average Bonchev–Trinajstić information content (AvgIpc) is 2.78. The molecule has 3 aliphatic rings. The lowest BCUT2D eigenvalue weighted by atomic mass is 9.96. The summed E-state index contributed by atoms with van der Waals surface area (Å²) in [5.74, 6) is -0.641. The van der Waals surface area contributed by atoms with Gasteiger partial charge < -0.3 is 9.80 Å². The van der Waals surface area contributed by atoms with Crippen LogP contribution in [0, 0.1) is 17.2 Å². The van der Waals surface area contributed by atoms with Gasteiger partial charge in [0.15, 0.2) is 0 Å². The Kier molecular flexibility index (Phi) is 5.71. The predicted octanol–water partition coefficient (Wildman–Crippen LogP) is 2.19. The van der Waals surface area contributed by atoms with E-state index in [1.165, 1.54) is 18.2 Å². The minimum atomic E-state index is -0.770. The Bertz CT molecular complexity index is 1070. The molecule has 1 unspecified atom stereocenters. The molecule has 0 spiro atoms. The third-order valence-corrected chi connectivity index (χ3v) is 5.53. The SMILES string of the molecule is C[C@H]1CN(c2ccc(C#N)cn2)CCN1C(=O)CCC1=NC(=O)C2C=C(F)C=CC2=N1. The molecule has 2 amide bonds. The van der Waals surface area contributed by atoms with Gasteiger partial charge in [-0.3, -0.25) is 9.59 Å². The molecule has 1 aliphatic carbocycles. The van der Waals surface area contributed by atoms with Crippen molar-refractivity contribution in [1.82, 2.24) is 9.88 Å². The highest BCUT2D eigenvalue weighted by Gasteiger charge is 2.30. The number of pyridine rings is 1. The van der Waals surface area contributed by atoms with E-state index in [0.29, 0.717) is 36.7 Å². The van der Waals surface area contributed by atoms with Crippen molar-refractivity contribution < 1.29 is 14.0 Å². The molecule has 0 aromatic carbocycles. The number of nitrogens with zero attached hydrogens (tertiary/aromatic N) is 6. The van der Waals surface area contributed by atoms with Crippen LogP contribution in [0.1, 0.15) is 25.3 Å². The average molecular weight is 420 g/mol. The zero-order chi connectivity index (χ0) is 22.0. The Balaban J connectivity index is 1.33. The van der Waals surface area contributed by atoms with Crippen LogP contribution in [-0.2, 0) is 9.59 Å². The molecule has 1 saturated heterocycles. The number of carbonyl (C=O) groups is 2. The van der Waals surface area contributed by atoms with E-state index in [2.05, 4.69) is 25.9 Å². The first-order chi connectivity index (χ1) is 14.9. The van der Waals surface area contributed by atoms with Crippen molar-refractivity contribution in [3.8, 4) is 6.07 Å². The number of allylic oxidation sites excluding steroid dienone is 3. The molecule has 31 heavy (non-hydrogen) atoms. The summed E-state index contributed by atoms with van der Waals surface area (Å²) < 4.78 is 13.3. The Morgan fingerprint density at radius 3 is 2.84 bits per heavy atom. The summed E-state index contributed by atoms with van der Waals surface area (Å²) in [5, 5.41) is 8.90. The van der Waals surface area contributed by atoms with Crippen LogP contribution >= 0.6 is 0 Å². The highest BCUT2D eigenvalue weighted by molar-refractivity contribution is 6.21. The number of carbonyl (C=O) groups excluding carboxylic acids is 2. The Morgan fingerprint density at radius 1 is 1.29 bits per heavy atom. The van der Waals surface area contributed by atoms with Crippen LogP contribution in [0.5, 0.6) is 0 Å². The van der Waals surface area contributed by atoms with Gasteiger partial charge in [0, 0.05) is 44.7 Å². The lowest BCUT2D eigenvalue weighted by Gasteiger charge is -2.40. The molecule has 8 nitrogen and oxygen atoms in total. The van der Waals surface area contributed by atoms with Gasteiger partial charge in [0.1, 0.15) is 29.5 Å². The number of aromatic nitrogens is 1. The molecule has 3 heterocycles. The standard InChI is InChI=1S/C22H21FN6O2/c1-14-13-28(20-6-2-15(11-24)12-25-20)8-9-29(14)21(30)7-5-19-26-18-4-3-16(23)10-17(18)22(31)27-19/h2-4,6,10,12,14,17H,5,7-9,13H2,1H3/t14-,17?/m0/s1. The van der Waals surface area contributed by atoms with E-state index < -0.39 is 17.7 Å². The van der Waals surface area contributed by atoms with Gasteiger partial charge in [-0.25, -0.2) is 14.4 Å². The fraction of sp³-hybridized carbons (Fsp3) is 0.364. The first-order valence-corrected chi connectivity index (χ1v) is 10.1. The van der Waals surface area contributed by atoms with E-state index in [4.69, 9.17) is 5.26 Å². The molecule has 2 aliphatic heterocycles. The number of amides is 2. The summed E-state index contributed by atoms with van der Waals surface area (Å²) in [5.41, 5.74) is 0.968. The van der Waals surface area contributed by atoms with Gasteiger partial charge in [0.25, 0.3) is 5.91 Å². The lowest BCUT2D eigenvalue weighted by Crippen LogP contribution is -2.54. The van der Waals surface area contributed by atoms with Crippen molar-refractivity contribution in [3.05, 3.63) is 47.9 Å². The number of amidine groups is 1. The highest BCUT2D eigenvalue weighted by Crippen LogP contribution is 2.22. The van der Waals surface area contributed by atoms with E-state index in [1.54, 1.807) is 12.3 Å². The molecule has 1 fully saturated rings. The third kappa shape index (κ3) is 4.43. The summed E-state index contributed by atoms with van der Waals surface area (Å²) in [7, 11) is 0. The molecule has 0 bridgehead atoms. The number of fused-ring (bicyclic) bond motifs is 1. The Labute approximate surface area is 179 Å². The van der Waals surface area contributed by atoms with Crippen LogP contribution in [0.2, 0.25) is 0 Å². The normalized spacial score (nSPS) is 22.9. The van der Waals surface area contributed by atoms with Crippen molar-refractivity contribution >= 4 is 29.2 Å². The Morgan fingerprint density at radius 2 is 2.13 bits per heavy atom. The number of hydrogen-bond acceptors (Lipinski definition) is 6. The highest BCUT2D eigenvalue weighted by atomic mass is 19.1. The van der Waals surface area contributed by atoms with Gasteiger partial charge in [0.05, 0.1) is 11.3 Å². The number of nitriles is 1. The Hall–Kier alpha value is -3.67. The molecule has 0 radical (unpaired) electrons. The minimum Gasteiger partial charge on any atom is -0.353 e. The molecular formula is C22H21FN6O2. The molecule has 4 rings (SSSR count). The van der Waals surface area contributed by atoms with E-state index in [0.717, 1.165) is 5.82 Å². The van der Waals surface area contributed by atoms with E-state index in [1.807, 2.05) is 17.9 Å². The first kappa shape index (κ1) is 20.6. The predicted molar refractivity (Wildman–Crippen MR) is 113 cm³/mol. The molecule has 158 valence electrons. The van der Waals surface area contributed by atoms with Crippen molar-refractivity contribution in [1.29, 1.82) is 5.26 Å². The van der Waals surface area contributed by atoms with Crippen molar-refractivity contribution in [2.24, 2.45) is 15.9 Å². The second kappa shape index (κ2) is 8.60. The number of anilines is 1. The number of aliphatic imine (C=N–C) groups is 2. The summed E-state index contributed by atoms with van der Waals surface area (Å²) in [6.45, 7) is 3.81. The van der Waals surface area contributed by atoms with Gasteiger partial charge in [-0.2, -0.15) is 10.3 Å². The van der Waals surface area contributed by atoms with E-state index >= 15 is 0 Å². The molecule has 1 aromatic rings. The summed E-state index contributed by atoms with van der Waals surface area (Å²) >= 11 is 0. The van der Waals surface area contributed by atoms with Gasteiger partial charge in [-0.05, 0) is 37.3 Å². The fourth-order valence-electron chi connectivity index (χ4n) is 3.89. The quantitative estimate of drug-likeness (QED) is 0.743. The molecule has 2 atom stereocenters. The maximum absolute atomic E-state index is 13.3. The van der Waals surface area contributed by atoms with Crippen LogP contribution in [0.25, 0.3) is 0 Å². The monoisotopic (exact) mass is 420 g/mol. The van der Waals surface area contributed by atoms with E-state index in [-0.39, 0.29) is 24.8 Å². The van der Waals surface area contributed by atoms with Crippen LogP contribution in [0.15, 0.2) is 52.4 Å². The fourth-order valence-corrected chi connectivity index (χ4v) is 3.89. The molecule has 9 heteroatoms. The molecule has 0 N–H and O–H groups in total. The van der Waals surface area contributed by atoms with Gasteiger partial charge >= 0.3 is 0 Å². The maximum Gasteiger partial charge on any atom is 0.260 e. The van der Waals surface area contributed by atoms with Crippen LogP contribution in [0.4, 0.5) is 10.2 Å². The van der Waals surface area contributed by atoms with Crippen molar-refractivity contribution in [2.45, 2.75) is 25.8 Å². The molecule has 0 saturated carbocycles. The van der Waals surface area contributed by atoms with Gasteiger partial charge in [0.2, 0.25) is 5.91 Å². The van der Waals surface area contributed by atoms with E-state index in [9.17, 15) is 14.0 Å². The third-order valence-electron chi connectivity index (χ3n) is 5.53. The zero-order valence-electron chi connectivity index (χ0n) is 17.0. The first-order valence-electron chi connectivity index (χ1n) is 10.1. The maximum atomic E-state index is 13.3. The van der Waals surface area contributed by atoms with Crippen molar-refractivity contribution in [2.75, 3.05) is 24.5 Å². The van der Waals surface area contributed by atoms with Gasteiger partial charge in [-0.1, -0.05) is 0 Å². The number of hydrogen-bond donors (Lipinski definition) is 0. The number of halogens is 1. The van der Waals surface area contributed by atoms with Crippen LogP contribution in [-0.4, -0.2) is 58.9 Å². The van der Waals surface area contributed by atoms with Crippen LogP contribution < -0.4 is 4.90 Å².